The summed E-state index contributed by atoms with van der Waals surface area (Å²) in [6.45, 7) is 2.19. The van der Waals surface area contributed by atoms with Gasteiger partial charge in [0.15, 0.2) is 0 Å². The third kappa shape index (κ3) is 5.38. The summed E-state index contributed by atoms with van der Waals surface area (Å²) in [5.41, 5.74) is 2.11. The zero-order valence-electron chi connectivity index (χ0n) is 11.7. The number of esters is 1. The van der Waals surface area contributed by atoms with Crippen LogP contribution in [0.4, 0.5) is 0 Å². The van der Waals surface area contributed by atoms with Crippen molar-refractivity contribution < 1.29 is 9.53 Å². The lowest BCUT2D eigenvalue weighted by Crippen LogP contribution is -1.99. The van der Waals surface area contributed by atoms with Crippen molar-refractivity contribution in [2.75, 3.05) is 19.1 Å². The summed E-state index contributed by atoms with van der Waals surface area (Å²) in [6, 6.07) is 8.04. The van der Waals surface area contributed by atoms with Crippen molar-refractivity contribution in [3.8, 4) is 0 Å². The highest BCUT2D eigenvalue weighted by atomic mass is 79.9. The first-order valence-electron chi connectivity index (χ1n) is 6.05. The molecule has 0 aliphatic rings. The summed E-state index contributed by atoms with van der Waals surface area (Å²) in [7, 11) is 0. The largest absolute Gasteiger partial charge is 0.463 e. The van der Waals surface area contributed by atoms with E-state index < -0.39 is 0 Å². The Morgan fingerprint density at radius 3 is 2.30 bits per heavy atom. The van der Waals surface area contributed by atoms with Gasteiger partial charge >= 0.3 is 5.97 Å². The van der Waals surface area contributed by atoms with Crippen LogP contribution in [0.3, 0.4) is 0 Å². The molecule has 0 saturated carbocycles. The first kappa shape index (κ1) is 17.4. The summed E-state index contributed by atoms with van der Waals surface area (Å²) in [4.78, 5) is 11.5. The summed E-state index contributed by atoms with van der Waals surface area (Å²) in [5, 5.41) is 0. The third-order valence-electron chi connectivity index (χ3n) is 2.42. The van der Waals surface area contributed by atoms with Gasteiger partial charge in [0.05, 0.1) is 6.61 Å². The third-order valence-corrected chi connectivity index (χ3v) is 5.13. The molecule has 0 spiro atoms. The van der Waals surface area contributed by atoms with Gasteiger partial charge in [-0.1, -0.05) is 28.1 Å². The second-order valence-corrected chi connectivity index (χ2v) is 6.51. The maximum atomic E-state index is 11.5. The van der Waals surface area contributed by atoms with Gasteiger partial charge in [0.25, 0.3) is 0 Å². The Kier molecular flexibility index (Phi) is 8.11. The van der Waals surface area contributed by atoms with Crippen LogP contribution in [0.2, 0.25) is 0 Å². The van der Waals surface area contributed by atoms with Gasteiger partial charge < -0.3 is 4.74 Å². The summed E-state index contributed by atoms with van der Waals surface area (Å²) in [5.74, 6) is -0.316. The molecular formula is C15H17BrO2S2. The van der Waals surface area contributed by atoms with Gasteiger partial charge in [0, 0.05) is 20.4 Å². The number of allylic oxidation sites excluding steroid dienone is 2. The van der Waals surface area contributed by atoms with Crippen LogP contribution in [0.5, 0.6) is 0 Å². The summed E-state index contributed by atoms with van der Waals surface area (Å²) in [6.07, 6.45) is 7.36. The molecule has 0 heterocycles. The molecule has 0 aliphatic heterocycles. The van der Waals surface area contributed by atoms with Crippen LogP contribution >= 0.6 is 39.5 Å². The predicted molar refractivity (Wildman–Crippen MR) is 93.9 cm³/mol. The first-order valence-corrected chi connectivity index (χ1v) is 9.29. The van der Waals surface area contributed by atoms with Gasteiger partial charge in [-0.3, -0.25) is 0 Å². The van der Waals surface area contributed by atoms with Crippen molar-refractivity contribution in [2.45, 2.75) is 6.92 Å². The van der Waals surface area contributed by atoms with Crippen LogP contribution in [0.1, 0.15) is 12.5 Å². The van der Waals surface area contributed by atoms with Crippen molar-refractivity contribution in [2.24, 2.45) is 0 Å². The molecule has 20 heavy (non-hydrogen) atoms. The highest BCUT2D eigenvalue weighted by Crippen LogP contribution is 2.34. The van der Waals surface area contributed by atoms with E-state index >= 15 is 0 Å². The fraction of sp³-hybridized carbons (Fsp3) is 0.267. The van der Waals surface area contributed by atoms with Gasteiger partial charge in [-0.25, -0.2) is 4.79 Å². The monoisotopic (exact) mass is 372 g/mol. The molecule has 1 aromatic rings. The standard InChI is InChI=1S/C15H17BrO2S2/c1-4-18-14(17)10-9-13(15(19-2)20-3)11-5-7-12(16)8-6-11/h5-10H,4H2,1-3H3/b10-9-. The lowest BCUT2D eigenvalue weighted by Gasteiger charge is -2.09. The highest BCUT2D eigenvalue weighted by molar-refractivity contribution is 9.10. The molecule has 0 atom stereocenters. The Hall–Kier alpha value is -0.650. The van der Waals surface area contributed by atoms with E-state index in [0.29, 0.717) is 6.61 Å². The number of carbonyl (C=O) groups excluding carboxylic acids is 1. The molecule has 0 aromatic heterocycles. The molecular weight excluding hydrogens is 356 g/mol. The summed E-state index contributed by atoms with van der Waals surface area (Å²) < 4.78 is 7.12. The van der Waals surface area contributed by atoms with Crippen molar-refractivity contribution in [3.05, 3.63) is 50.7 Å². The number of benzene rings is 1. The molecule has 108 valence electrons. The van der Waals surface area contributed by atoms with Crippen molar-refractivity contribution in [1.82, 2.24) is 0 Å². The maximum Gasteiger partial charge on any atom is 0.330 e. The molecule has 0 bridgehead atoms. The van der Waals surface area contributed by atoms with Crippen LogP contribution in [0.15, 0.2) is 45.1 Å². The molecule has 0 saturated heterocycles. The van der Waals surface area contributed by atoms with Crippen molar-refractivity contribution in [3.63, 3.8) is 0 Å². The van der Waals surface area contributed by atoms with Crippen LogP contribution < -0.4 is 0 Å². The average Bonchev–Trinajstić information content (AvgIpc) is 2.45. The number of ether oxygens (including phenoxy) is 1. The Morgan fingerprint density at radius 1 is 1.20 bits per heavy atom. The average molecular weight is 373 g/mol. The quantitative estimate of drug-likeness (QED) is 0.400. The molecule has 5 heteroatoms. The Bertz CT molecular complexity index is 501. The minimum absolute atomic E-state index is 0.316. The van der Waals surface area contributed by atoms with Crippen LogP contribution in [0.25, 0.3) is 5.57 Å². The molecule has 0 unspecified atom stereocenters. The van der Waals surface area contributed by atoms with Crippen molar-refractivity contribution in [1.29, 1.82) is 0 Å². The van der Waals surface area contributed by atoms with E-state index in [4.69, 9.17) is 4.74 Å². The molecule has 2 nitrogen and oxygen atoms in total. The van der Waals surface area contributed by atoms with Crippen LogP contribution in [-0.4, -0.2) is 25.1 Å². The molecule has 1 aromatic carbocycles. The molecule has 0 aliphatic carbocycles. The van der Waals surface area contributed by atoms with Gasteiger partial charge in [0.2, 0.25) is 0 Å². The van der Waals surface area contributed by atoms with E-state index in [2.05, 4.69) is 15.9 Å². The maximum absolute atomic E-state index is 11.5. The predicted octanol–water partition coefficient (Wildman–Crippen LogP) is 4.96. The number of thioether (sulfide) groups is 2. The van der Waals surface area contributed by atoms with E-state index in [-0.39, 0.29) is 5.97 Å². The first-order chi connectivity index (χ1) is 9.62. The fourth-order valence-corrected chi connectivity index (χ4v) is 3.30. The van der Waals surface area contributed by atoms with Gasteiger partial charge in [-0.2, -0.15) is 0 Å². The highest BCUT2D eigenvalue weighted by Gasteiger charge is 2.07. The normalized spacial score (nSPS) is 10.6. The van der Waals surface area contributed by atoms with Crippen molar-refractivity contribution >= 4 is 51.0 Å². The smallest absolute Gasteiger partial charge is 0.330 e. The van der Waals surface area contributed by atoms with Crippen LogP contribution in [0, 0.1) is 0 Å². The topological polar surface area (TPSA) is 26.3 Å². The Labute approximate surface area is 137 Å². The van der Waals surface area contributed by atoms with E-state index in [0.717, 1.165) is 19.8 Å². The van der Waals surface area contributed by atoms with Gasteiger partial charge in [-0.15, -0.1) is 23.5 Å². The minimum Gasteiger partial charge on any atom is -0.463 e. The zero-order valence-corrected chi connectivity index (χ0v) is 14.9. The number of hydrogen-bond acceptors (Lipinski definition) is 4. The van der Waals surface area contributed by atoms with E-state index in [1.165, 1.54) is 6.08 Å². The molecule has 0 N–H and O–H groups in total. The summed E-state index contributed by atoms with van der Waals surface area (Å²) >= 11 is 6.77. The second-order valence-electron chi connectivity index (χ2n) is 3.70. The molecule has 0 fully saturated rings. The van der Waals surface area contributed by atoms with Gasteiger partial charge in [-0.05, 0) is 43.2 Å². The van der Waals surface area contributed by atoms with E-state index in [1.807, 2.05) is 42.9 Å². The molecule has 1 rings (SSSR count). The van der Waals surface area contributed by atoms with E-state index in [9.17, 15) is 4.79 Å². The lowest BCUT2D eigenvalue weighted by molar-refractivity contribution is -0.137. The number of rotatable bonds is 6. The van der Waals surface area contributed by atoms with Crippen LogP contribution in [-0.2, 0) is 9.53 Å². The Morgan fingerprint density at radius 2 is 1.80 bits per heavy atom. The number of halogens is 1. The Balaban J connectivity index is 3.13. The number of carbonyl (C=O) groups is 1. The number of hydrogen-bond donors (Lipinski definition) is 0. The van der Waals surface area contributed by atoms with Gasteiger partial charge in [0.1, 0.15) is 0 Å². The minimum atomic E-state index is -0.316. The van der Waals surface area contributed by atoms with E-state index in [1.54, 1.807) is 30.4 Å². The molecule has 0 amide bonds. The molecule has 0 radical (unpaired) electrons. The fourth-order valence-electron chi connectivity index (χ4n) is 1.56. The second kappa shape index (κ2) is 9.32. The zero-order chi connectivity index (χ0) is 15.0. The lowest BCUT2D eigenvalue weighted by atomic mass is 10.1. The SMILES string of the molecule is CCOC(=O)/C=C\C(=C(SC)SC)c1ccc(Br)cc1.